The summed E-state index contributed by atoms with van der Waals surface area (Å²) >= 11 is 0. The maximum absolute atomic E-state index is 5.55. The van der Waals surface area contributed by atoms with Crippen LogP contribution in [0.4, 0.5) is 0 Å². The molecule has 5 heteroatoms. The van der Waals surface area contributed by atoms with Crippen molar-refractivity contribution in [3.8, 4) is 11.3 Å². The Hall–Kier alpha value is -2.53. The van der Waals surface area contributed by atoms with Crippen molar-refractivity contribution in [3.63, 3.8) is 0 Å². The van der Waals surface area contributed by atoms with Crippen molar-refractivity contribution in [2.75, 3.05) is 7.05 Å². The summed E-state index contributed by atoms with van der Waals surface area (Å²) in [6.45, 7) is 2.92. The smallest absolute Gasteiger partial charge is 0.151 e. The molecule has 3 heterocycles. The maximum atomic E-state index is 5.55. The van der Waals surface area contributed by atoms with Crippen LogP contribution in [0.5, 0.6) is 0 Å². The zero-order chi connectivity index (χ0) is 17.5. The van der Waals surface area contributed by atoms with Gasteiger partial charge in [0.1, 0.15) is 5.69 Å². The van der Waals surface area contributed by atoms with Crippen LogP contribution in [0.15, 0.2) is 59.6 Å². The van der Waals surface area contributed by atoms with E-state index in [0.717, 1.165) is 23.4 Å². The number of pyridine rings is 2. The molecule has 3 rings (SSSR count). The van der Waals surface area contributed by atoms with Gasteiger partial charge in [-0.25, -0.2) is 0 Å². The zero-order valence-electron chi connectivity index (χ0n) is 14.8. The van der Waals surface area contributed by atoms with Gasteiger partial charge in [0, 0.05) is 42.5 Å². The van der Waals surface area contributed by atoms with E-state index in [-0.39, 0.29) is 0 Å². The van der Waals surface area contributed by atoms with Gasteiger partial charge in [-0.3, -0.25) is 14.9 Å². The van der Waals surface area contributed by atoms with Crippen LogP contribution in [-0.4, -0.2) is 27.1 Å². The fraction of sp³-hybridized carbons (Fsp3) is 0.350. The second-order valence-corrected chi connectivity index (χ2v) is 6.28. The molecule has 1 atom stereocenters. The van der Waals surface area contributed by atoms with Crippen LogP contribution in [-0.2, 0) is 6.54 Å². The highest BCUT2D eigenvalue weighted by Gasteiger charge is 2.19. The highest BCUT2D eigenvalue weighted by Crippen LogP contribution is 2.27. The molecule has 0 fully saturated rings. The Kier molecular flexibility index (Phi) is 5.90. The van der Waals surface area contributed by atoms with Crippen molar-refractivity contribution in [2.24, 2.45) is 0 Å². The lowest BCUT2D eigenvalue weighted by Gasteiger charge is -2.27. The van der Waals surface area contributed by atoms with Crippen LogP contribution in [0.3, 0.4) is 0 Å². The van der Waals surface area contributed by atoms with Gasteiger partial charge in [-0.05, 0) is 37.2 Å². The number of aromatic nitrogens is 3. The fourth-order valence-electron chi connectivity index (χ4n) is 3.01. The lowest BCUT2D eigenvalue weighted by molar-refractivity contribution is 0.196. The van der Waals surface area contributed by atoms with E-state index in [2.05, 4.69) is 40.1 Å². The van der Waals surface area contributed by atoms with Gasteiger partial charge >= 0.3 is 0 Å². The number of nitrogens with zero attached hydrogens (tertiary/aromatic N) is 4. The summed E-state index contributed by atoms with van der Waals surface area (Å²) in [5.74, 6) is 0.853. The molecule has 0 radical (unpaired) electrons. The van der Waals surface area contributed by atoms with Gasteiger partial charge in [0.15, 0.2) is 5.76 Å². The molecule has 0 spiro atoms. The van der Waals surface area contributed by atoms with Crippen LogP contribution < -0.4 is 0 Å². The standard InChI is InChI=1S/C20H24N4O/c1-3-4-9-20(17-8-6-11-22-14-17)24(2)15-18-12-19(23-25-18)16-7-5-10-21-13-16/h5-8,10-14,20H,3-4,9,15H2,1-2H3. The van der Waals surface area contributed by atoms with Crippen molar-refractivity contribution in [2.45, 2.75) is 38.8 Å². The van der Waals surface area contributed by atoms with Gasteiger partial charge in [0.05, 0.1) is 6.54 Å². The van der Waals surface area contributed by atoms with Gasteiger partial charge < -0.3 is 4.52 Å². The topological polar surface area (TPSA) is 55.1 Å². The van der Waals surface area contributed by atoms with Crippen LogP contribution in [0.25, 0.3) is 11.3 Å². The minimum Gasteiger partial charge on any atom is -0.359 e. The molecular formula is C20H24N4O. The van der Waals surface area contributed by atoms with Crippen LogP contribution in [0.2, 0.25) is 0 Å². The first-order valence-corrected chi connectivity index (χ1v) is 8.74. The minimum atomic E-state index is 0.320. The number of hydrogen-bond donors (Lipinski definition) is 0. The van der Waals surface area contributed by atoms with Gasteiger partial charge in [0.2, 0.25) is 0 Å². The molecule has 0 amide bonds. The lowest BCUT2D eigenvalue weighted by atomic mass is 10.0. The summed E-state index contributed by atoms with van der Waals surface area (Å²) in [6, 6.07) is 10.3. The van der Waals surface area contributed by atoms with Gasteiger partial charge in [-0.1, -0.05) is 31.0 Å². The highest BCUT2D eigenvalue weighted by molar-refractivity contribution is 5.57. The third kappa shape index (κ3) is 4.51. The maximum Gasteiger partial charge on any atom is 0.151 e. The minimum absolute atomic E-state index is 0.320. The normalized spacial score (nSPS) is 12.4. The number of hydrogen-bond acceptors (Lipinski definition) is 5. The third-order valence-corrected chi connectivity index (χ3v) is 4.35. The molecule has 130 valence electrons. The van der Waals surface area contributed by atoms with Crippen LogP contribution in [0, 0.1) is 0 Å². The molecule has 0 aliphatic carbocycles. The van der Waals surface area contributed by atoms with Crippen molar-refractivity contribution >= 4 is 0 Å². The molecule has 25 heavy (non-hydrogen) atoms. The van der Waals surface area contributed by atoms with Crippen LogP contribution >= 0.6 is 0 Å². The van der Waals surface area contributed by atoms with E-state index in [1.807, 2.05) is 36.7 Å². The summed E-state index contributed by atoms with van der Waals surface area (Å²) in [6.07, 6.45) is 10.8. The molecule has 3 aromatic rings. The molecule has 0 aliphatic heterocycles. The van der Waals surface area contributed by atoms with E-state index >= 15 is 0 Å². The second kappa shape index (κ2) is 8.53. The highest BCUT2D eigenvalue weighted by atomic mass is 16.5. The number of unbranched alkanes of at least 4 members (excludes halogenated alkanes) is 1. The van der Waals surface area contributed by atoms with Crippen molar-refractivity contribution in [1.82, 2.24) is 20.0 Å². The predicted molar refractivity (Wildman–Crippen MR) is 97.7 cm³/mol. The first-order valence-electron chi connectivity index (χ1n) is 8.74. The summed E-state index contributed by atoms with van der Waals surface area (Å²) < 4.78 is 5.55. The first-order chi connectivity index (χ1) is 12.3. The SMILES string of the molecule is CCCCC(c1cccnc1)N(C)Cc1cc(-c2cccnc2)no1. The molecule has 1 unspecified atom stereocenters. The van der Waals surface area contributed by atoms with E-state index in [0.29, 0.717) is 12.6 Å². The number of rotatable bonds is 8. The second-order valence-electron chi connectivity index (χ2n) is 6.28. The summed E-state index contributed by atoms with van der Waals surface area (Å²) in [5.41, 5.74) is 3.03. The Morgan fingerprint density at radius 3 is 2.60 bits per heavy atom. The molecule has 0 bridgehead atoms. The average Bonchev–Trinajstić information content (AvgIpc) is 3.12. The van der Waals surface area contributed by atoms with Crippen molar-refractivity contribution < 1.29 is 4.52 Å². The van der Waals surface area contributed by atoms with Crippen molar-refractivity contribution in [3.05, 3.63) is 66.4 Å². The lowest BCUT2D eigenvalue weighted by Crippen LogP contribution is -2.24. The van der Waals surface area contributed by atoms with E-state index in [4.69, 9.17) is 4.52 Å². The molecule has 0 aliphatic rings. The Bertz CT molecular complexity index is 758. The molecule has 0 N–H and O–H groups in total. The molecule has 0 saturated carbocycles. The van der Waals surface area contributed by atoms with E-state index in [1.54, 1.807) is 12.4 Å². The van der Waals surface area contributed by atoms with E-state index in [1.165, 1.54) is 18.4 Å². The predicted octanol–water partition coefficient (Wildman–Crippen LogP) is 4.49. The molecule has 5 nitrogen and oxygen atoms in total. The molecule has 3 aromatic heterocycles. The Morgan fingerprint density at radius 2 is 1.92 bits per heavy atom. The van der Waals surface area contributed by atoms with Crippen molar-refractivity contribution in [1.29, 1.82) is 0 Å². The molecular weight excluding hydrogens is 312 g/mol. The average molecular weight is 336 g/mol. The fourth-order valence-corrected chi connectivity index (χ4v) is 3.01. The molecule has 0 aromatic carbocycles. The Balaban J connectivity index is 1.73. The zero-order valence-corrected chi connectivity index (χ0v) is 14.8. The summed E-state index contributed by atoms with van der Waals surface area (Å²) in [7, 11) is 2.12. The largest absolute Gasteiger partial charge is 0.359 e. The van der Waals surface area contributed by atoms with Gasteiger partial charge in [-0.2, -0.15) is 0 Å². The monoisotopic (exact) mass is 336 g/mol. The van der Waals surface area contributed by atoms with Gasteiger partial charge in [0.25, 0.3) is 0 Å². The quantitative estimate of drug-likeness (QED) is 0.606. The Labute approximate surface area is 148 Å². The van der Waals surface area contributed by atoms with Gasteiger partial charge in [-0.15, -0.1) is 0 Å². The summed E-state index contributed by atoms with van der Waals surface area (Å²) in [5, 5.41) is 4.18. The van der Waals surface area contributed by atoms with E-state index < -0.39 is 0 Å². The Morgan fingerprint density at radius 1 is 1.12 bits per heavy atom. The molecule has 0 saturated heterocycles. The van der Waals surface area contributed by atoms with E-state index in [9.17, 15) is 0 Å². The first kappa shape index (κ1) is 17.3. The third-order valence-electron chi connectivity index (χ3n) is 4.35. The summed E-state index contributed by atoms with van der Waals surface area (Å²) in [4.78, 5) is 10.7. The van der Waals surface area contributed by atoms with Crippen LogP contribution in [0.1, 0.15) is 43.6 Å².